The number of thioether (sulfide) groups is 1. The summed E-state index contributed by atoms with van der Waals surface area (Å²) >= 11 is 1.26. The molecule has 156 valence electrons. The van der Waals surface area contributed by atoms with Gasteiger partial charge in [-0.3, -0.25) is 9.59 Å². The molecule has 1 amide bonds. The molecule has 1 heterocycles. The summed E-state index contributed by atoms with van der Waals surface area (Å²) in [4.78, 5) is 25.0. The largest absolute Gasteiger partial charge is 0.497 e. The fourth-order valence-corrected chi connectivity index (χ4v) is 3.51. The molecule has 7 nitrogen and oxygen atoms in total. The summed E-state index contributed by atoms with van der Waals surface area (Å²) in [6, 6.07) is 15.8. The van der Waals surface area contributed by atoms with Gasteiger partial charge in [0, 0.05) is 12.1 Å². The quantitative estimate of drug-likeness (QED) is 0.582. The minimum Gasteiger partial charge on any atom is -0.497 e. The van der Waals surface area contributed by atoms with Gasteiger partial charge in [0.2, 0.25) is 5.91 Å². The van der Waals surface area contributed by atoms with E-state index in [1.165, 1.54) is 29.6 Å². The van der Waals surface area contributed by atoms with Crippen molar-refractivity contribution >= 4 is 23.4 Å². The topological polar surface area (TPSA) is 82.5 Å². The number of benzene rings is 2. The number of ether oxygens (including phenoxy) is 2. The fourth-order valence-electron chi connectivity index (χ4n) is 2.71. The number of aryl methyl sites for hydroxylation is 1. The maximum Gasteiger partial charge on any atom is 0.271 e. The highest BCUT2D eigenvalue weighted by Crippen LogP contribution is 2.30. The van der Waals surface area contributed by atoms with Crippen LogP contribution in [0.5, 0.6) is 11.5 Å². The van der Waals surface area contributed by atoms with Gasteiger partial charge >= 0.3 is 0 Å². The average molecular weight is 426 g/mol. The minimum absolute atomic E-state index is 0.221. The Morgan fingerprint density at radius 1 is 1.07 bits per heavy atom. The van der Waals surface area contributed by atoms with Crippen molar-refractivity contribution in [1.29, 1.82) is 0 Å². The molecule has 0 spiro atoms. The molecule has 0 aliphatic rings. The Hall–Kier alpha value is -3.26. The van der Waals surface area contributed by atoms with E-state index in [2.05, 4.69) is 10.4 Å². The van der Waals surface area contributed by atoms with Crippen molar-refractivity contribution in [1.82, 2.24) is 9.78 Å². The van der Waals surface area contributed by atoms with E-state index >= 15 is 0 Å². The highest BCUT2D eigenvalue weighted by molar-refractivity contribution is 8.00. The minimum atomic E-state index is -0.461. The highest BCUT2D eigenvalue weighted by atomic mass is 32.2. The predicted octanol–water partition coefficient (Wildman–Crippen LogP) is 3.68. The van der Waals surface area contributed by atoms with Crippen molar-refractivity contribution in [3.63, 3.8) is 0 Å². The second-order valence-electron chi connectivity index (χ2n) is 6.57. The molecule has 3 rings (SSSR count). The van der Waals surface area contributed by atoms with Gasteiger partial charge in [-0.15, -0.1) is 0 Å². The first kappa shape index (κ1) is 21.4. The van der Waals surface area contributed by atoms with Crippen molar-refractivity contribution in [2.24, 2.45) is 0 Å². The predicted molar refractivity (Wildman–Crippen MR) is 118 cm³/mol. The molecule has 1 atom stereocenters. The molecule has 3 aromatic rings. The molecule has 0 saturated carbocycles. The highest BCUT2D eigenvalue weighted by Gasteiger charge is 2.18. The average Bonchev–Trinajstić information content (AvgIpc) is 2.75. The summed E-state index contributed by atoms with van der Waals surface area (Å²) in [6.45, 7) is 3.75. The van der Waals surface area contributed by atoms with Gasteiger partial charge in [0.15, 0.2) is 0 Å². The Kier molecular flexibility index (Phi) is 6.79. The molecular weight excluding hydrogens is 402 g/mol. The van der Waals surface area contributed by atoms with E-state index in [0.717, 1.165) is 5.56 Å². The van der Waals surface area contributed by atoms with Gasteiger partial charge in [-0.1, -0.05) is 29.5 Å². The third kappa shape index (κ3) is 5.01. The summed E-state index contributed by atoms with van der Waals surface area (Å²) < 4.78 is 11.8. The summed E-state index contributed by atoms with van der Waals surface area (Å²) in [6.07, 6.45) is 0. The number of anilines is 1. The number of methoxy groups -OCH3 is 2. The number of rotatable bonds is 7. The van der Waals surface area contributed by atoms with E-state index in [-0.39, 0.29) is 11.5 Å². The molecule has 0 bridgehead atoms. The number of nitrogens with one attached hydrogen (secondary N) is 1. The van der Waals surface area contributed by atoms with Gasteiger partial charge in [-0.25, -0.2) is 0 Å². The lowest BCUT2D eigenvalue weighted by atomic mass is 10.2. The van der Waals surface area contributed by atoms with Crippen molar-refractivity contribution in [2.75, 3.05) is 19.5 Å². The van der Waals surface area contributed by atoms with E-state index in [4.69, 9.17) is 9.47 Å². The summed E-state index contributed by atoms with van der Waals surface area (Å²) in [5.74, 6) is 0.923. The van der Waals surface area contributed by atoms with E-state index in [9.17, 15) is 9.59 Å². The molecule has 0 unspecified atom stereocenters. The third-order valence-corrected chi connectivity index (χ3v) is 5.41. The first-order valence-corrected chi connectivity index (χ1v) is 10.2. The number of carbonyl (C=O) groups excluding carboxylic acids is 1. The molecule has 30 heavy (non-hydrogen) atoms. The number of hydrogen-bond acceptors (Lipinski definition) is 6. The standard InChI is InChI=1S/C22H23N3O4S/c1-14-5-7-16(8-6-14)25-21(26)12-11-20(24-25)30-15(2)22(27)23-18-13-17(28-3)9-10-19(18)29-4/h5-13,15H,1-4H3,(H,23,27)/t15-/m0/s1. The normalized spacial score (nSPS) is 11.6. The van der Waals surface area contributed by atoms with Crippen LogP contribution in [0.3, 0.4) is 0 Å². The lowest BCUT2D eigenvalue weighted by Gasteiger charge is -2.15. The molecule has 1 N–H and O–H groups in total. The second-order valence-corrected chi connectivity index (χ2v) is 7.93. The van der Waals surface area contributed by atoms with Crippen molar-refractivity contribution < 1.29 is 14.3 Å². The Balaban J connectivity index is 1.77. The molecule has 1 aromatic heterocycles. The van der Waals surface area contributed by atoms with Crippen LogP contribution in [0.1, 0.15) is 12.5 Å². The first-order valence-electron chi connectivity index (χ1n) is 9.28. The Morgan fingerprint density at radius 3 is 2.47 bits per heavy atom. The molecule has 0 aliphatic heterocycles. The number of amides is 1. The molecule has 0 fully saturated rings. The van der Waals surface area contributed by atoms with Crippen molar-refractivity contribution in [3.05, 3.63) is 70.5 Å². The summed E-state index contributed by atoms with van der Waals surface area (Å²) in [5, 5.41) is 7.37. The molecular formula is C22H23N3O4S. The molecule has 0 radical (unpaired) electrons. The molecule has 8 heteroatoms. The number of hydrogen-bond donors (Lipinski definition) is 1. The molecule has 0 aliphatic carbocycles. The van der Waals surface area contributed by atoms with Gasteiger partial charge in [-0.2, -0.15) is 9.78 Å². The van der Waals surface area contributed by atoms with E-state index in [0.29, 0.717) is 27.9 Å². The van der Waals surface area contributed by atoms with E-state index in [1.807, 2.05) is 31.2 Å². The maximum atomic E-state index is 12.7. The number of aromatic nitrogens is 2. The van der Waals surface area contributed by atoms with Gasteiger partial charge in [-0.05, 0) is 44.2 Å². The summed E-state index contributed by atoms with van der Waals surface area (Å²) in [5.41, 5.74) is 2.05. The van der Waals surface area contributed by atoms with Crippen LogP contribution in [0, 0.1) is 6.92 Å². The van der Waals surface area contributed by atoms with Crippen LogP contribution in [0.2, 0.25) is 0 Å². The van der Waals surface area contributed by atoms with Crippen molar-refractivity contribution in [3.8, 4) is 17.2 Å². The van der Waals surface area contributed by atoms with Gasteiger partial charge in [0.1, 0.15) is 16.5 Å². The van der Waals surface area contributed by atoms with Crippen LogP contribution in [0.15, 0.2) is 64.4 Å². The lowest BCUT2D eigenvalue weighted by Crippen LogP contribution is -2.24. The van der Waals surface area contributed by atoms with E-state index < -0.39 is 5.25 Å². The van der Waals surface area contributed by atoms with E-state index in [1.54, 1.807) is 38.3 Å². The Bertz CT molecular complexity index is 1100. The van der Waals surface area contributed by atoms with Crippen LogP contribution in [0.4, 0.5) is 5.69 Å². The fraction of sp³-hybridized carbons (Fsp3) is 0.227. The Labute approximate surface area is 179 Å². The van der Waals surface area contributed by atoms with Gasteiger partial charge in [0.25, 0.3) is 5.56 Å². The monoisotopic (exact) mass is 425 g/mol. The summed E-state index contributed by atoms with van der Waals surface area (Å²) in [7, 11) is 3.09. The van der Waals surface area contributed by atoms with Crippen LogP contribution in [0.25, 0.3) is 5.69 Å². The number of nitrogens with zero attached hydrogens (tertiary/aromatic N) is 2. The third-order valence-electron chi connectivity index (χ3n) is 4.39. The van der Waals surface area contributed by atoms with Crippen LogP contribution in [-0.2, 0) is 4.79 Å². The van der Waals surface area contributed by atoms with Crippen LogP contribution >= 0.6 is 11.8 Å². The molecule has 0 saturated heterocycles. The van der Waals surface area contributed by atoms with Gasteiger partial charge in [0.05, 0.1) is 30.8 Å². The zero-order chi connectivity index (χ0) is 21.7. The van der Waals surface area contributed by atoms with Crippen LogP contribution in [-0.4, -0.2) is 35.2 Å². The Morgan fingerprint density at radius 2 is 1.80 bits per heavy atom. The second kappa shape index (κ2) is 9.49. The maximum absolute atomic E-state index is 12.7. The first-order chi connectivity index (χ1) is 14.4. The van der Waals surface area contributed by atoms with Gasteiger partial charge < -0.3 is 14.8 Å². The molecule has 2 aromatic carbocycles. The van der Waals surface area contributed by atoms with Crippen LogP contribution < -0.4 is 20.3 Å². The SMILES string of the molecule is COc1ccc(OC)c(NC(=O)[C@H](C)Sc2ccc(=O)n(-c3ccc(C)cc3)n2)c1. The smallest absolute Gasteiger partial charge is 0.271 e. The zero-order valence-corrected chi connectivity index (χ0v) is 18.0. The zero-order valence-electron chi connectivity index (χ0n) is 17.2. The lowest BCUT2D eigenvalue weighted by molar-refractivity contribution is -0.115. The number of carbonyl (C=O) groups is 1. The van der Waals surface area contributed by atoms with Crippen molar-refractivity contribution in [2.45, 2.75) is 24.1 Å².